The smallest absolute Gasteiger partial charge is 0.186 e. The Morgan fingerprint density at radius 3 is 3.05 bits per heavy atom. The molecule has 112 valence electrons. The summed E-state index contributed by atoms with van der Waals surface area (Å²) in [6.07, 6.45) is 4.30. The summed E-state index contributed by atoms with van der Waals surface area (Å²) in [7, 11) is 0. The summed E-state index contributed by atoms with van der Waals surface area (Å²) in [6, 6.07) is 0. The molecule has 1 aliphatic rings. The molecular weight excluding hydrogens is 273 g/mol. The maximum Gasteiger partial charge on any atom is 0.186 e. The van der Waals surface area contributed by atoms with Crippen molar-refractivity contribution in [3.8, 4) is 0 Å². The minimum Gasteiger partial charge on any atom is -0.370 e. The number of nitrogens with one attached hydrogen (secondary N) is 2. The molecule has 21 heavy (non-hydrogen) atoms. The molecule has 0 bridgehead atoms. The Bertz CT molecular complexity index is 616. The predicted molar refractivity (Wildman–Crippen MR) is 75.3 cm³/mol. The lowest BCUT2D eigenvalue weighted by Crippen LogP contribution is -2.20. The van der Waals surface area contributed by atoms with Crippen molar-refractivity contribution in [3.63, 3.8) is 0 Å². The molecule has 1 fully saturated rings. The minimum absolute atomic E-state index is 0.0837. The minimum atomic E-state index is -0.394. The highest BCUT2D eigenvalue weighted by Crippen LogP contribution is 2.32. The van der Waals surface area contributed by atoms with Gasteiger partial charge < -0.3 is 15.0 Å². The molecule has 0 amide bonds. The van der Waals surface area contributed by atoms with Crippen molar-refractivity contribution in [2.75, 3.05) is 18.5 Å². The lowest BCUT2D eigenvalue weighted by molar-refractivity contribution is 0.0868. The first-order chi connectivity index (χ1) is 10.1. The topological polar surface area (TPSA) is 75.7 Å². The van der Waals surface area contributed by atoms with E-state index in [1.54, 1.807) is 26.2 Å². The summed E-state index contributed by atoms with van der Waals surface area (Å²) >= 11 is 0. The van der Waals surface area contributed by atoms with Crippen molar-refractivity contribution in [2.24, 2.45) is 5.92 Å². The van der Waals surface area contributed by atoms with Crippen molar-refractivity contribution in [1.82, 2.24) is 19.9 Å². The first-order valence-electron chi connectivity index (χ1n) is 7.00. The average Bonchev–Trinajstić information content (AvgIpc) is 3.11. The average molecular weight is 291 g/mol. The zero-order chi connectivity index (χ0) is 14.8. The van der Waals surface area contributed by atoms with Gasteiger partial charge in [0, 0.05) is 31.5 Å². The number of hydrogen-bond donors (Lipinski definition) is 2. The highest BCUT2D eigenvalue weighted by Gasteiger charge is 2.31. The van der Waals surface area contributed by atoms with Crippen LogP contribution in [-0.4, -0.2) is 33.1 Å². The van der Waals surface area contributed by atoms with Crippen molar-refractivity contribution >= 4 is 5.82 Å². The number of aromatic amines is 1. The van der Waals surface area contributed by atoms with E-state index in [0.717, 1.165) is 12.2 Å². The number of H-pyrrole nitrogens is 1. The number of aromatic nitrogens is 4. The molecular formula is C14H18FN5O. The van der Waals surface area contributed by atoms with Crippen molar-refractivity contribution in [1.29, 1.82) is 0 Å². The SMILES string of the molecule is Cc1nc(C)c(F)c(NC[C@@H]2CCO[C@H]2c2ncc[nH]2)n1. The van der Waals surface area contributed by atoms with Gasteiger partial charge >= 0.3 is 0 Å². The van der Waals surface area contributed by atoms with Gasteiger partial charge in [0.1, 0.15) is 17.8 Å². The standard InChI is InChI=1S/C14H18FN5O/c1-8-11(15)13(20-9(2)19-8)18-7-10-3-6-21-12(10)14-16-4-5-17-14/h4-5,10,12H,3,6-7H2,1-2H3,(H,16,17)(H,18,19,20)/t10-,12+/m0/s1. The van der Waals surface area contributed by atoms with Crippen molar-refractivity contribution in [3.05, 3.63) is 35.6 Å². The van der Waals surface area contributed by atoms with Gasteiger partial charge in [-0.15, -0.1) is 0 Å². The van der Waals surface area contributed by atoms with Crippen LogP contribution in [-0.2, 0) is 4.74 Å². The zero-order valence-corrected chi connectivity index (χ0v) is 12.1. The summed E-state index contributed by atoms with van der Waals surface area (Å²) in [5.74, 6) is 1.46. The molecule has 2 aromatic heterocycles. The van der Waals surface area contributed by atoms with Crippen LogP contribution in [0.4, 0.5) is 10.2 Å². The molecule has 0 unspecified atom stereocenters. The first kappa shape index (κ1) is 13.9. The molecule has 6 nitrogen and oxygen atoms in total. The third kappa shape index (κ3) is 2.87. The van der Waals surface area contributed by atoms with Crippen LogP contribution in [0.2, 0.25) is 0 Å². The van der Waals surface area contributed by atoms with E-state index >= 15 is 0 Å². The van der Waals surface area contributed by atoms with Gasteiger partial charge in [0.05, 0.1) is 5.69 Å². The molecule has 1 saturated heterocycles. The van der Waals surface area contributed by atoms with E-state index in [1.807, 2.05) is 0 Å². The third-order valence-corrected chi connectivity index (χ3v) is 3.66. The Balaban J connectivity index is 1.70. The van der Waals surface area contributed by atoms with Crippen LogP contribution in [0.15, 0.2) is 12.4 Å². The molecule has 0 radical (unpaired) electrons. The lowest BCUT2D eigenvalue weighted by Gasteiger charge is -2.18. The number of rotatable bonds is 4. The Kier molecular flexibility index (Phi) is 3.83. The Morgan fingerprint density at radius 1 is 1.43 bits per heavy atom. The highest BCUT2D eigenvalue weighted by atomic mass is 19.1. The van der Waals surface area contributed by atoms with E-state index in [-0.39, 0.29) is 17.8 Å². The monoisotopic (exact) mass is 291 g/mol. The number of imidazole rings is 1. The summed E-state index contributed by atoms with van der Waals surface area (Å²) in [4.78, 5) is 15.4. The van der Waals surface area contributed by atoms with Gasteiger partial charge in [-0.05, 0) is 20.3 Å². The summed E-state index contributed by atoms with van der Waals surface area (Å²) in [6.45, 7) is 4.65. The van der Waals surface area contributed by atoms with E-state index in [0.29, 0.717) is 24.7 Å². The van der Waals surface area contributed by atoms with Crippen LogP contribution in [0.25, 0.3) is 0 Å². The number of halogens is 1. The third-order valence-electron chi connectivity index (χ3n) is 3.66. The van der Waals surface area contributed by atoms with Crippen LogP contribution in [0.5, 0.6) is 0 Å². The molecule has 0 saturated carbocycles. The molecule has 2 aromatic rings. The van der Waals surface area contributed by atoms with Gasteiger partial charge in [0.25, 0.3) is 0 Å². The number of ether oxygens (including phenoxy) is 1. The Morgan fingerprint density at radius 2 is 2.29 bits per heavy atom. The number of nitrogens with zero attached hydrogens (tertiary/aromatic N) is 3. The molecule has 3 rings (SSSR count). The highest BCUT2D eigenvalue weighted by molar-refractivity contribution is 5.38. The fourth-order valence-corrected chi connectivity index (χ4v) is 2.62. The lowest BCUT2D eigenvalue weighted by atomic mass is 10.0. The van der Waals surface area contributed by atoms with Gasteiger partial charge in [-0.25, -0.2) is 19.3 Å². The quantitative estimate of drug-likeness (QED) is 0.902. The fraction of sp³-hybridized carbons (Fsp3) is 0.500. The number of anilines is 1. The predicted octanol–water partition coefficient (Wildman–Crippen LogP) is 2.15. The van der Waals surface area contributed by atoms with Gasteiger partial charge in [-0.1, -0.05) is 0 Å². The number of hydrogen-bond acceptors (Lipinski definition) is 5. The van der Waals surface area contributed by atoms with E-state index in [9.17, 15) is 4.39 Å². The first-order valence-corrected chi connectivity index (χ1v) is 7.00. The Hall–Kier alpha value is -2.02. The van der Waals surface area contributed by atoms with E-state index in [4.69, 9.17) is 4.74 Å². The molecule has 2 atom stereocenters. The van der Waals surface area contributed by atoms with Crippen LogP contribution in [0.1, 0.15) is 29.9 Å². The molecule has 0 spiro atoms. The van der Waals surface area contributed by atoms with Crippen LogP contribution in [0.3, 0.4) is 0 Å². The summed E-state index contributed by atoms with van der Waals surface area (Å²) in [5, 5.41) is 3.08. The maximum atomic E-state index is 14.0. The zero-order valence-electron chi connectivity index (χ0n) is 12.1. The molecule has 0 aromatic carbocycles. The normalized spacial score (nSPS) is 21.7. The molecule has 7 heteroatoms. The molecule has 0 aliphatic carbocycles. The van der Waals surface area contributed by atoms with Gasteiger partial charge in [0.15, 0.2) is 11.6 Å². The van der Waals surface area contributed by atoms with Crippen LogP contribution >= 0.6 is 0 Å². The van der Waals surface area contributed by atoms with Crippen LogP contribution in [0, 0.1) is 25.6 Å². The maximum absolute atomic E-state index is 14.0. The summed E-state index contributed by atoms with van der Waals surface area (Å²) in [5.41, 5.74) is 0.357. The molecule has 2 N–H and O–H groups in total. The molecule has 1 aliphatic heterocycles. The summed E-state index contributed by atoms with van der Waals surface area (Å²) < 4.78 is 19.7. The van der Waals surface area contributed by atoms with Gasteiger partial charge in [-0.3, -0.25) is 0 Å². The van der Waals surface area contributed by atoms with Crippen molar-refractivity contribution in [2.45, 2.75) is 26.4 Å². The van der Waals surface area contributed by atoms with Crippen LogP contribution < -0.4 is 5.32 Å². The van der Waals surface area contributed by atoms with E-state index in [2.05, 4.69) is 25.3 Å². The molecule has 3 heterocycles. The van der Waals surface area contributed by atoms with E-state index < -0.39 is 5.82 Å². The second-order valence-electron chi connectivity index (χ2n) is 5.21. The van der Waals surface area contributed by atoms with Gasteiger partial charge in [0.2, 0.25) is 0 Å². The van der Waals surface area contributed by atoms with Gasteiger partial charge in [-0.2, -0.15) is 0 Å². The largest absolute Gasteiger partial charge is 0.370 e. The van der Waals surface area contributed by atoms with E-state index in [1.165, 1.54) is 0 Å². The van der Waals surface area contributed by atoms with Crippen molar-refractivity contribution < 1.29 is 9.13 Å². The number of aryl methyl sites for hydroxylation is 2. The Labute approximate surface area is 122 Å². The second-order valence-corrected chi connectivity index (χ2v) is 5.21. The second kappa shape index (κ2) is 5.77. The fourth-order valence-electron chi connectivity index (χ4n) is 2.62.